The second kappa shape index (κ2) is 8.77. The Kier molecular flexibility index (Phi) is 6.59. The van der Waals surface area contributed by atoms with Crippen LogP contribution in [0.2, 0.25) is 0 Å². The van der Waals surface area contributed by atoms with Crippen LogP contribution in [0.1, 0.15) is 10.4 Å². The quantitative estimate of drug-likeness (QED) is 0.260. The lowest BCUT2D eigenvalue weighted by molar-refractivity contribution is 0.0975. The highest BCUT2D eigenvalue weighted by Gasteiger charge is 2.19. The van der Waals surface area contributed by atoms with Crippen LogP contribution in [0.5, 0.6) is 11.5 Å². The fourth-order valence-electron chi connectivity index (χ4n) is 2.62. The third-order valence-electron chi connectivity index (χ3n) is 3.89. The molecule has 28 heavy (non-hydrogen) atoms. The number of benzene rings is 3. The second-order valence-corrected chi connectivity index (χ2v) is 8.60. The number of fused-ring (bicyclic) bond motifs is 1. The fourth-order valence-corrected chi connectivity index (χ4v) is 4.76. The lowest BCUT2D eigenvalue weighted by atomic mass is 10.1. The number of thiocarbonyl (C=S) groups is 1. The molecule has 0 saturated carbocycles. The summed E-state index contributed by atoms with van der Waals surface area (Å²) < 4.78 is 7.11. The number of hydrogen-bond donors (Lipinski definition) is 3. The van der Waals surface area contributed by atoms with Crippen molar-refractivity contribution in [2.75, 3.05) is 12.4 Å². The van der Waals surface area contributed by atoms with E-state index in [1.807, 2.05) is 24.3 Å². The van der Waals surface area contributed by atoms with Gasteiger partial charge in [-0.2, -0.15) is 0 Å². The Hall–Kier alpha value is -1.68. The van der Waals surface area contributed by atoms with E-state index in [0.29, 0.717) is 30.4 Å². The number of methoxy groups -OCH3 is 1. The molecule has 0 saturated heterocycles. The Bertz CT molecular complexity index is 1080. The topological polar surface area (TPSA) is 70.6 Å². The first-order valence-corrected chi connectivity index (χ1v) is 10.7. The molecule has 9 heteroatoms. The Labute approximate surface area is 191 Å². The van der Waals surface area contributed by atoms with Gasteiger partial charge in [-0.25, -0.2) is 0 Å². The molecule has 0 unspecified atom stereocenters. The average molecular weight is 589 g/mol. The first kappa shape index (κ1) is 21.0. The van der Waals surface area contributed by atoms with Gasteiger partial charge in [-0.15, -0.1) is 0 Å². The van der Waals surface area contributed by atoms with Crippen molar-refractivity contribution in [2.24, 2.45) is 0 Å². The minimum atomic E-state index is -0.405. The van der Waals surface area contributed by atoms with Crippen molar-refractivity contribution < 1.29 is 14.6 Å². The highest BCUT2D eigenvalue weighted by Crippen LogP contribution is 2.37. The summed E-state index contributed by atoms with van der Waals surface area (Å²) in [6, 6.07) is 12.7. The van der Waals surface area contributed by atoms with Gasteiger partial charge < -0.3 is 15.2 Å². The predicted octanol–water partition coefficient (Wildman–Crippen LogP) is 5.97. The third kappa shape index (κ3) is 4.32. The summed E-state index contributed by atoms with van der Waals surface area (Å²) in [5.74, 6) is 0.0955. The molecule has 144 valence electrons. The molecule has 0 aliphatic heterocycles. The van der Waals surface area contributed by atoms with Crippen molar-refractivity contribution in [3.63, 3.8) is 0 Å². The van der Waals surface area contributed by atoms with Gasteiger partial charge in [0.15, 0.2) is 5.11 Å². The standard InChI is InChI=1S/C19H13Br3N2O3S/c1-27-17-12(6-9-4-2-3-5-11(9)15(17)22)18(26)24-19(28)23-10-7-13(20)16(25)14(21)8-10/h2-8,25H,1H3,(H2,23,24,26,28). The smallest absolute Gasteiger partial charge is 0.261 e. The zero-order chi connectivity index (χ0) is 20.4. The lowest BCUT2D eigenvalue weighted by Gasteiger charge is -2.15. The molecule has 0 heterocycles. The molecule has 0 aromatic heterocycles. The van der Waals surface area contributed by atoms with Crippen LogP contribution in [0, 0.1) is 0 Å². The Morgan fingerprint density at radius 2 is 1.75 bits per heavy atom. The van der Waals surface area contributed by atoms with Crippen LogP contribution in [0.3, 0.4) is 0 Å². The zero-order valence-corrected chi connectivity index (χ0v) is 19.9. The minimum absolute atomic E-state index is 0.0752. The summed E-state index contributed by atoms with van der Waals surface area (Å²) in [6.07, 6.45) is 0. The summed E-state index contributed by atoms with van der Waals surface area (Å²) in [6.45, 7) is 0. The van der Waals surface area contributed by atoms with E-state index >= 15 is 0 Å². The van der Waals surface area contributed by atoms with Crippen LogP contribution < -0.4 is 15.4 Å². The van der Waals surface area contributed by atoms with Crippen molar-refractivity contribution in [3.8, 4) is 11.5 Å². The van der Waals surface area contributed by atoms with E-state index in [-0.39, 0.29) is 10.9 Å². The van der Waals surface area contributed by atoms with Crippen LogP contribution in [0.15, 0.2) is 55.9 Å². The van der Waals surface area contributed by atoms with Crippen molar-refractivity contribution >= 4 is 87.5 Å². The van der Waals surface area contributed by atoms with E-state index < -0.39 is 5.91 Å². The number of phenols is 1. The molecule has 0 radical (unpaired) electrons. The van der Waals surface area contributed by atoms with Gasteiger partial charge >= 0.3 is 0 Å². The summed E-state index contributed by atoms with van der Waals surface area (Å²) in [7, 11) is 1.51. The highest BCUT2D eigenvalue weighted by atomic mass is 79.9. The van der Waals surface area contributed by atoms with Crippen molar-refractivity contribution in [2.45, 2.75) is 0 Å². The molecule has 3 aromatic rings. The van der Waals surface area contributed by atoms with Gasteiger partial charge in [0, 0.05) is 5.69 Å². The number of halogens is 3. The van der Waals surface area contributed by atoms with Gasteiger partial charge in [-0.05, 0) is 89.0 Å². The highest BCUT2D eigenvalue weighted by molar-refractivity contribution is 9.11. The van der Waals surface area contributed by atoms with Crippen LogP contribution in [0.4, 0.5) is 5.69 Å². The summed E-state index contributed by atoms with van der Waals surface area (Å²) in [4.78, 5) is 12.8. The number of ether oxygens (including phenoxy) is 1. The van der Waals surface area contributed by atoms with Gasteiger partial charge in [0.2, 0.25) is 0 Å². The number of amides is 1. The molecule has 3 N–H and O–H groups in total. The molecule has 0 fully saturated rings. The molecule has 0 bridgehead atoms. The van der Waals surface area contributed by atoms with E-state index in [2.05, 4.69) is 58.4 Å². The summed E-state index contributed by atoms with van der Waals surface area (Å²) >= 11 is 15.3. The van der Waals surface area contributed by atoms with Gasteiger partial charge in [-0.3, -0.25) is 10.1 Å². The number of carbonyl (C=O) groups excluding carboxylic acids is 1. The van der Waals surface area contributed by atoms with E-state index in [1.165, 1.54) is 7.11 Å². The number of carbonyl (C=O) groups is 1. The van der Waals surface area contributed by atoms with E-state index in [4.69, 9.17) is 17.0 Å². The van der Waals surface area contributed by atoms with E-state index in [9.17, 15) is 9.90 Å². The molecule has 0 atom stereocenters. The molecule has 1 amide bonds. The number of hydrogen-bond acceptors (Lipinski definition) is 4. The van der Waals surface area contributed by atoms with Crippen LogP contribution in [0.25, 0.3) is 10.8 Å². The Balaban J connectivity index is 1.85. The number of anilines is 1. The molecule has 0 aliphatic rings. The Morgan fingerprint density at radius 1 is 1.11 bits per heavy atom. The predicted molar refractivity (Wildman–Crippen MR) is 125 cm³/mol. The summed E-state index contributed by atoms with van der Waals surface area (Å²) in [5, 5.41) is 17.3. The van der Waals surface area contributed by atoms with E-state index in [1.54, 1.807) is 18.2 Å². The molecule has 0 spiro atoms. The van der Waals surface area contributed by atoms with Crippen molar-refractivity contribution in [1.29, 1.82) is 0 Å². The molecule has 5 nitrogen and oxygen atoms in total. The number of aromatic hydroxyl groups is 1. The fraction of sp³-hybridized carbons (Fsp3) is 0.0526. The van der Waals surface area contributed by atoms with Gasteiger partial charge in [0.1, 0.15) is 11.5 Å². The van der Waals surface area contributed by atoms with Crippen molar-refractivity contribution in [3.05, 3.63) is 61.4 Å². The zero-order valence-electron chi connectivity index (χ0n) is 14.3. The average Bonchev–Trinajstić information content (AvgIpc) is 2.65. The largest absolute Gasteiger partial charge is 0.506 e. The van der Waals surface area contributed by atoms with Gasteiger partial charge in [0.05, 0.1) is 26.1 Å². The Morgan fingerprint density at radius 3 is 2.39 bits per heavy atom. The first-order valence-electron chi connectivity index (χ1n) is 7.87. The SMILES string of the molecule is COc1c(C(=O)NC(=S)Nc2cc(Br)c(O)c(Br)c2)cc2ccccc2c1Br. The van der Waals surface area contributed by atoms with Gasteiger partial charge in [0.25, 0.3) is 5.91 Å². The maximum absolute atomic E-state index is 12.8. The third-order valence-corrected chi connectivity index (χ3v) is 6.09. The maximum atomic E-state index is 12.8. The second-order valence-electron chi connectivity index (χ2n) is 5.69. The normalized spacial score (nSPS) is 10.6. The molecule has 0 aliphatic carbocycles. The number of phenolic OH excluding ortho intramolecular Hbond substituents is 1. The number of nitrogens with one attached hydrogen (secondary N) is 2. The molecular weight excluding hydrogens is 576 g/mol. The van der Waals surface area contributed by atoms with Crippen molar-refractivity contribution in [1.82, 2.24) is 5.32 Å². The molecule has 3 rings (SSSR count). The van der Waals surface area contributed by atoms with Gasteiger partial charge in [-0.1, -0.05) is 24.3 Å². The lowest BCUT2D eigenvalue weighted by Crippen LogP contribution is -2.34. The van der Waals surface area contributed by atoms with E-state index in [0.717, 1.165) is 10.8 Å². The van der Waals surface area contributed by atoms with Crippen LogP contribution in [-0.4, -0.2) is 23.2 Å². The van der Waals surface area contributed by atoms with Crippen LogP contribution in [-0.2, 0) is 0 Å². The van der Waals surface area contributed by atoms with Crippen LogP contribution >= 0.6 is 60.0 Å². The first-order chi connectivity index (χ1) is 13.3. The maximum Gasteiger partial charge on any atom is 0.261 e. The minimum Gasteiger partial charge on any atom is -0.506 e. The monoisotopic (exact) mass is 586 g/mol. The number of rotatable bonds is 3. The molecular formula is C19H13Br3N2O3S. The summed E-state index contributed by atoms with van der Waals surface area (Å²) in [5.41, 5.74) is 0.943. The molecule has 3 aromatic carbocycles.